The van der Waals surface area contributed by atoms with E-state index in [0.29, 0.717) is 0 Å². The fourth-order valence-corrected chi connectivity index (χ4v) is 1.24. The first-order chi connectivity index (χ1) is 5.33. The van der Waals surface area contributed by atoms with Crippen LogP contribution < -0.4 is 5.73 Å². The predicted molar refractivity (Wildman–Crippen MR) is 47.5 cm³/mol. The average Bonchev–Trinajstić information content (AvgIpc) is 1.84. The van der Waals surface area contributed by atoms with Gasteiger partial charge in [0.05, 0.1) is 0 Å². The molecule has 13 heavy (non-hydrogen) atoms. The molecular formula is C5H12LiNO5P. The molecule has 0 bridgehead atoms. The molecule has 73 valence electrons. The zero-order valence-corrected chi connectivity index (χ0v) is 8.28. The minimum absolute atomic E-state index is 0. The van der Waals surface area contributed by atoms with Gasteiger partial charge in [0.15, 0.2) is 0 Å². The van der Waals surface area contributed by atoms with Crippen molar-refractivity contribution < 1.29 is 24.3 Å². The molecule has 1 atom stereocenters. The van der Waals surface area contributed by atoms with E-state index < -0.39 is 19.6 Å². The normalized spacial score (nSPS) is 13.2. The van der Waals surface area contributed by atoms with Crippen LogP contribution in [0, 0.1) is 0 Å². The summed E-state index contributed by atoms with van der Waals surface area (Å²) in [5.74, 6) is -1.15. The Morgan fingerprint density at radius 1 is 1.46 bits per heavy atom. The fraction of sp³-hybridized carbons (Fsp3) is 0.800. The standard InChI is InChI=1S/C5H12NO5P.Li/c6-4(5(7)8)2-1-3-12(9,10)11;/h4H,1-3,6H2,(H,7,8)(H2,9,10,11);. The number of nitrogens with two attached hydrogens (primary N) is 1. The Morgan fingerprint density at radius 3 is 2.23 bits per heavy atom. The Hall–Kier alpha value is 0.177. The van der Waals surface area contributed by atoms with Gasteiger partial charge in [-0.25, -0.2) is 0 Å². The summed E-state index contributed by atoms with van der Waals surface area (Å²) < 4.78 is 10.3. The van der Waals surface area contributed by atoms with Gasteiger partial charge in [0.1, 0.15) is 6.04 Å². The molecule has 0 aromatic heterocycles. The maximum Gasteiger partial charge on any atom is 0.325 e. The van der Waals surface area contributed by atoms with Crippen molar-refractivity contribution in [2.45, 2.75) is 18.9 Å². The summed E-state index contributed by atoms with van der Waals surface area (Å²) in [5.41, 5.74) is 5.09. The quantitative estimate of drug-likeness (QED) is 0.335. The van der Waals surface area contributed by atoms with Gasteiger partial charge in [-0.1, -0.05) is 0 Å². The first-order valence-corrected chi connectivity index (χ1v) is 5.15. The molecule has 0 saturated heterocycles. The Kier molecular flexibility index (Phi) is 7.95. The molecule has 1 radical (unpaired) electrons. The zero-order valence-electron chi connectivity index (χ0n) is 7.38. The molecule has 6 nitrogen and oxygen atoms in total. The van der Waals surface area contributed by atoms with Gasteiger partial charge in [-0.15, -0.1) is 0 Å². The molecule has 0 aromatic carbocycles. The second-order valence-electron chi connectivity index (χ2n) is 2.48. The number of hydrogen-bond donors (Lipinski definition) is 4. The summed E-state index contributed by atoms with van der Waals surface area (Å²) in [6.45, 7) is 0. The van der Waals surface area contributed by atoms with Gasteiger partial charge in [0.2, 0.25) is 0 Å². The van der Waals surface area contributed by atoms with E-state index in [1.807, 2.05) is 0 Å². The number of carboxylic acids is 1. The van der Waals surface area contributed by atoms with Crippen LogP contribution in [0.3, 0.4) is 0 Å². The molecule has 0 fully saturated rings. The Labute approximate surface area is 87.8 Å². The third-order valence-corrected chi connectivity index (χ3v) is 2.18. The summed E-state index contributed by atoms with van der Waals surface area (Å²) in [6.07, 6.45) is -0.105. The molecule has 0 aliphatic heterocycles. The summed E-state index contributed by atoms with van der Waals surface area (Å²) >= 11 is 0. The van der Waals surface area contributed by atoms with Crippen molar-refractivity contribution in [3.63, 3.8) is 0 Å². The molecule has 0 saturated carbocycles. The van der Waals surface area contributed by atoms with Gasteiger partial charge in [0.25, 0.3) is 0 Å². The minimum Gasteiger partial charge on any atom is -0.480 e. The Bertz CT molecular complexity index is 205. The van der Waals surface area contributed by atoms with Crippen molar-refractivity contribution in [3.8, 4) is 0 Å². The van der Waals surface area contributed by atoms with Gasteiger partial charge < -0.3 is 20.6 Å². The molecule has 0 aromatic rings. The predicted octanol–water partition coefficient (Wildman–Crippen LogP) is -1.02. The maximum atomic E-state index is 10.3. The van der Waals surface area contributed by atoms with Gasteiger partial charge >= 0.3 is 13.6 Å². The van der Waals surface area contributed by atoms with E-state index in [1.54, 1.807) is 0 Å². The third kappa shape index (κ3) is 10.1. The molecule has 5 N–H and O–H groups in total. The summed E-state index contributed by atoms with van der Waals surface area (Å²) in [5, 5.41) is 8.29. The largest absolute Gasteiger partial charge is 0.480 e. The number of aliphatic carboxylic acids is 1. The number of hydrogen-bond acceptors (Lipinski definition) is 3. The fourth-order valence-electron chi connectivity index (χ4n) is 0.641. The van der Waals surface area contributed by atoms with Crippen molar-refractivity contribution in [1.29, 1.82) is 0 Å². The first-order valence-electron chi connectivity index (χ1n) is 3.36. The van der Waals surface area contributed by atoms with Crippen LogP contribution in [-0.4, -0.2) is 51.9 Å². The molecule has 8 heteroatoms. The molecule has 0 amide bonds. The smallest absolute Gasteiger partial charge is 0.325 e. The van der Waals surface area contributed by atoms with Crippen LogP contribution in [0.1, 0.15) is 12.8 Å². The molecular weight excluding hydrogens is 192 g/mol. The van der Waals surface area contributed by atoms with Crippen molar-refractivity contribution in [2.75, 3.05) is 6.16 Å². The van der Waals surface area contributed by atoms with Crippen LogP contribution in [0.5, 0.6) is 0 Å². The van der Waals surface area contributed by atoms with E-state index in [-0.39, 0.29) is 37.9 Å². The molecule has 0 aliphatic carbocycles. The second kappa shape index (κ2) is 6.60. The second-order valence-corrected chi connectivity index (χ2v) is 4.25. The van der Waals surface area contributed by atoms with Crippen molar-refractivity contribution in [1.82, 2.24) is 0 Å². The number of rotatable bonds is 5. The van der Waals surface area contributed by atoms with Gasteiger partial charge in [-0.2, -0.15) is 0 Å². The van der Waals surface area contributed by atoms with Crippen molar-refractivity contribution >= 4 is 32.4 Å². The topological polar surface area (TPSA) is 121 Å². The van der Waals surface area contributed by atoms with E-state index >= 15 is 0 Å². The Balaban J connectivity index is 0. The van der Waals surface area contributed by atoms with E-state index in [0.717, 1.165) is 0 Å². The van der Waals surface area contributed by atoms with Crippen molar-refractivity contribution in [2.24, 2.45) is 5.73 Å². The van der Waals surface area contributed by atoms with E-state index in [9.17, 15) is 9.36 Å². The SMILES string of the molecule is NC(CCCP(=O)(O)O)C(=O)O.[Li]. The summed E-state index contributed by atoms with van der Waals surface area (Å²) in [4.78, 5) is 26.9. The van der Waals surface area contributed by atoms with Crippen LogP contribution in [-0.2, 0) is 9.36 Å². The van der Waals surface area contributed by atoms with Gasteiger partial charge in [-0.05, 0) is 12.8 Å². The maximum absolute atomic E-state index is 10.3. The van der Waals surface area contributed by atoms with E-state index in [2.05, 4.69) is 0 Å². The zero-order chi connectivity index (χ0) is 9.78. The van der Waals surface area contributed by atoms with Gasteiger partial charge in [-0.3, -0.25) is 9.36 Å². The third-order valence-electron chi connectivity index (χ3n) is 1.28. The summed E-state index contributed by atoms with van der Waals surface area (Å²) in [6, 6.07) is -1.03. The Morgan fingerprint density at radius 2 is 1.92 bits per heavy atom. The first kappa shape index (κ1) is 15.6. The molecule has 0 aliphatic rings. The van der Waals surface area contributed by atoms with E-state index in [1.165, 1.54) is 0 Å². The number of carboxylic acid groups (broad SMARTS) is 1. The summed E-state index contributed by atoms with van der Waals surface area (Å²) in [7, 11) is -4.00. The molecule has 0 spiro atoms. The average molecular weight is 204 g/mol. The monoisotopic (exact) mass is 204 g/mol. The van der Waals surface area contributed by atoms with Crippen LogP contribution in [0.15, 0.2) is 0 Å². The van der Waals surface area contributed by atoms with Crippen LogP contribution in [0.2, 0.25) is 0 Å². The van der Waals surface area contributed by atoms with Crippen LogP contribution in [0.4, 0.5) is 0 Å². The number of carbonyl (C=O) groups is 1. The van der Waals surface area contributed by atoms with Crippen molar-refractivity contribution in [3.05, 3.63) is 0 Å². The molecule has 0 rings (SSSR count). The van der Waals surface area contributed by atoms with Crippen LogP contribution in [0.25, 0.3) is 0 Å². The van der Waals surface area contributed by atoms with Crippen LogP contribution >= 0.6 is 7.60 Å². The minimum atomic E-state index is -4.00. The molecule has 1 unspecified atom stereocenters. The molecule has 0 heterocycles. The van der Waals surface area contributed by atoms with E-state index in [4.69, 9.17) is 20.6 Å². The van der Waals surface area contributed by atoms with Gasteiger partial charge in [0, 0.05) is 25.0 Å².